The van der Waals surface area contributed by atoms with Crippen LogP contribution in [0.2, 0.25) is 0 Å². The summed E-state index contributed by atoms with van der Waals surface area (Å²) in [5.41, 5.74) is -0.211. The molecular weight excluding hydrogens is 182 g/mol. The van der Waals surface area contributed by atoms with Crippen molar-refractivity contribution in [2.45, 2.75) is 46.3 Å². The van der Waals surface area contributed by atoms with Gasteiger partial charge in [0.15, 0.2) is 6.29 Å². The summed E-state index contributed by atoms with van der Waals surface area (Å²) in [6.07, 6.45) is 1.99. The van der Waals surface area contributed by atoms with E-state index in [1.54, 1.807) is 0 Å². The number of aliphatic hydroxyl groups is 1. The van der Waals surface area contributed by atoms with Crippen LogP contribution < -0.4 is 0 Å². The van der Waals surface area contributed by atoms with Crippen molar-refractivity contribution >= 4 is 0 Å². The second kappa shape index (κ2) is 6.90. The molecule has 0 aromatic rings. The second-order valence-corrected chi connectivity index (χ2v) is 3.83. The van der Waals surface area contributed by atoms with Gasteiger partial charge in [-0.25, -0.2) is 0 Å². The average molecular weight is 203 g/mol. The van der Waals surface area contributed by atoms with Crippen LogP contribution in [-0.2, 0) is 4.74 Å². The molecule has 0 rings (SSSR count). The van der Waals surface area contributed by atoms with Gasteiger partial charge >= 0.3 is 0 Å². The molecule has 14 heavy (non-hydrogen) atoms. The predicted octanol–water partition coefficient (Wildman–Crippen LogP) is 2.30. The van der Waals surface area contributed by atoms with Crippen LogP contribution in [-0.4, -0.2) is 24.5 Å². The van der Waals surface area contributed by atoms with Gasteiger partial charge in [0.05, 0.1) is 6.61 Å². The average Bonchev–Trinajstić information content (AvgIpc) is 2.18. The van der Waals surface area contributed by atoms with Gasteiger partial charge in [-0.2, -0.15) is 4.91 Å². The Hall–Kier alpha value is -0.480. The Kier molecular flexibility index (Phi) is 6.66. The van der Waals surface area contributed by atoms with Crippen LogP contribution in [0.1, 0.15) is 40.0 Å². The molecule has 0 saturated carbocycles. The number of hydrogen-bond donors (Lipinski definition) is 1. The molecule has 1 N–H and O–H groups in total. The normalized spacial score (nSPS) is 17.4. The predicted molar refractivity (Wildman–Crippen MR) is 55.9 cm³/mol. The van der Waals surface area contributed by atoms with Crippen LogP contribution in [0.25, 0.3) is 0 Å². The third kappa shape index (κ3) is 4.15. The van der Waals surface area contributed by atoms with Gasteiger partial charge in [-0.15, -0.1) is 0 Å². The molecule has 0 spiro atoms. The Balaban J connectivity index is 4.01. The highest BCUT2D eigenvalue weighted by molar-refractivity contribution is 4.75. The molecule has 0 bridgehead atoms. The fraction of sp³-hybridized carbons (Fsp3) is 1.00. The standard InChI is InChI=1S/C10H21NO3/c1-4-6-10(3,5-2)9(12)14-8-7-11-13/h9,12H,4-8H2,1-3H3. The zero-order valence-corrected chi connectivity index (χ0v) is 9.32. The molecule has 84 valence electrons. The van der Waals surface area contributed by atoms with E-state index in [1.165, 1.54) is 0 Å². The molecule has 0 radical (unpaired) electrons. The van der Waals surface area contributed by atoms with Crippen LogP contribution >= 0.6 is 0 Å². The molecule has 4 nitrogen and oxygen atoms in total. The van der Waals surface area contributed by atoms with Gasteiger partial charge in [-0.3, -0.25) is 0 Å². The molecule has 0 saturated heterocycles. The maximum atomic E-state index is 9.82. The molecule has 0 fully saturated rings. The fourth-order valence-corrected chi connectivity index (χ4v) is 1.45. The van der Waals surface area contributed by atoms with E-state index in [0.717, 1.165) is 19.3 Å². The lowest BCUT2D eigenvalue weighted by Gasteiger charge is -2.32. The van der Waals surface area contributed by atoms with Gasteiger partial charge < -0.3 is 9.84 Å². The number of rotatable bonds is 8. The molecule has 0 aromatic heterocycles. The van der Waals surface area contributed by atoms with Gasteiger partial charge in [0.2, 0.25) is 0 Å². The molecule has 0 aromatic carbocycles. The van der Waals surface area contributed by atoms with Crippen LogP contribution in [0.5, 0.6) is 0 Å². The number of hydrogen-bond acceptors (Lipinski definition) is 4. The van der Waals surface area contributed by atoms with Crippen molar-refractivity contribution in [3.63, 3.8) is 0 Å². The van der Waals surface area contributed by atoms with Crippen molar-refractivity contribution in [2.24, 2.45) is 10.6 Å². The first-order valence-corrected chi connectivity index (χ1v) is 5.19. The van der Waals surface area contributed by atoms with Gasteiger partial charge in [0, 0.05) is 5.41 Å². The zero-order valence-electron chi connectivity index (χ0n) is 9.32. The van der Waals surface area contributed by atoms with Crippen LogP contribution in [0, 0.1) is 10.3 Å². The first kappa shape index (κ1) is 13.5. The maximum Gasteiger partial charge on any atom is 0.159 e. The molecule has 4 heteroatoms. The fourth-order valence-electron chi connectivity index (χ4n) is 1.45. The van der Waals surface area contributed by atoms with Gasteiger partial charge in [0.25, 0.3) is 0 Å². The molecule has 0 aliphatic heterocycles. The summed E-state index contributed by atoms with van der Waals surface area (Å²) in [5.74, 6) is 0. The minimum atomic E-state index is -0.797. The molecule has 0 amide bonds. The monoisotopic (exact) mass is 203 g/mol. The van der Waals surface area contributed by atoms with E-state index in [1.807, 2.05) is 13.8 Å². The Labute approximate surface area is 85.6 Å². The first-order chi connectivity index (χ1) is 6.60. The minimum absolute atomic E-state index is 0.100. The summed E-state index contributed by atoms with van der Waals surface area (Å²) in [6.45, 7) is 6.40. The highest BCUT2D eigenvalue weighted by Crippen LogP contribution is 2.31. The largest absolute Gasteiger partial charge is 0.367 e. The third-order valence-corrected chi connectivity index (χ3v) is 2.68. The quantitative estimate of drug-likeness (QED) is 0.374. The third-order valence-electron chi connectivity index (χ3n) is 2.68. The number of ether oxygens (including phenoxy) is 1. The summed E-state index contributed by atoms with van der Waals surface area (Å²) >= 11 is 0. The van der Waals surface area contributed by atoms with E-state index in [2.05, 4.69) is 12.1 Å². The van der Waals surface area contributed by atoms with Crippen molar-refractivity contribution in [3.8, 4) is 0 Å². The minimum Gasteiger partial charge on any atom is -0.367 e. The van der Waals surface area contributed by atoms with E-state index in [0.29, 0.717) is 0 Å². The lowest BCUT2D eigenvalue weighted by molar-refractivity contribution is -0.172. The topological polar surface area (TPSA) is 58.9 Å². The Morgan fingerprint density at radius 2 is 2.14 bits per heavy atom. The van der Waals surface area contributed by atoms with Gasteiger partial charge in [0.1, 0.15) is 6.54 Å². The van der Waals surface area contributed by atoms with E-state index in [-0.39, 0.29) is 18.6 Å². The summed E-state index contributed by atoms with van der Waals surface area (Å²) in [5, 5.41) is 12.4. The summed E-state index contributed by atoms with van der Waals surface area (Å²) in [6, 6.07) is 0. The summed E-state index contributed by atoms with van der Waals surface area (Å²) < 4.78 is 5.15. The molecule has 2 unspecified atom stereocenters. The van der Waals surface area contributed by atoms with E-state index in [9.17, 15) is 10.0 Å². The van der Waals surface area contributed by atoms with Gasteiger partial charge in [-0.05, 0) is 12.8 Å². The van der Waals surface area contributed by atoms with Crippen LogP contribution in [0.4, 0.5) is 0 Å². The van der Waals surface area contributed by atoms with E-state index < -0.39 is 6.29 Å². The smallest absolute Gasteiger partial charge is 0.159 e. The van der Waals surface area contributed by atoms with Crippen LogP contribution in [0.15, 0.2) is 5.18 Å². The maximum absolute atomic E-state index is 9.82. The number of aliphatic hydroxyl groups excluding tert-OH is 1. The van der Waals surface area contributed by atoms with Crippen molar-refractivity contribution in [1.29, 1.82) is 0 Å². The lowest BCUT2D eigenvalue weighted by atomic mass is 9.82. The second-order valence-electron chi connectivity index (χ2n) is 3.83. The van der Waals surface area contributed by atoms with Crippen molar-refractivity contribution in [2.75, 3.05) is 13.2 Å². The molecule has 0 aliphatic carbocycles. The highest BCUT2D eigenvalue weighted by atomic mass is 16.6. The summed E-state index contributed by atoms with van der Waals surface area (Å²) in [4.78, 5) is 9.82. The van der Waals surface area contributed by atoms with E-state index in [4.69, 9.17) is 4.74 Å². The van der Waals surface area contributed by atoms with Gasteiger partial charge in [-0.1, -0.05) is 32.4 Å². The van der Waals surface area contributed by atoms with Crippen molar-refractivity contribution in [3.05, 3.63) is 4.91 Å². The number of nitrogens with zero attached hydrogens (tertiary/aromatic N) is 1. The highest BCUT2D eigenvalue weighted by Gasteiger charge is 2.30. The molecule has 2 atom stereocenters. The lowest BCUT2D eigenvalue weighted by Crippen LogP contribution is -2.34. The Morgan fingerprint density at radius 3 is 2.57 bits per heavy atom. The van der Waals surface area contributed by atoms with E-state index >= 15 is 0 Å². The van der Waals surface area contributed by atoms with Crippen LogP contribution in [0.3, 0.4) is 0 Å². The SMILES string of the molecule is CCCC(C)(CC)C(O)OCCN=O. The molecular formula is C10H21NO3. The summed E-state index contributed by atoms with van der Waals surface area (Å²) in [7, 11) is 0. The molecule has 0 aliphatic rings. The number of nitroso groups, excluding NO2 is 1. The Bertz CT molecular complexity index is 163. The Morgan fingerprint density at radius 1 is 1.50 bits per heavy atom. The zero-order chi connectivity index (χ0) is 11.0. The molecule has 0 heterocycles. The first-order valence-electron chi connectivity index (χ1n) is 5.19. The van der Waals surface area contributed by atoms with Crippen molar-refractivity contribution in [1.82, 2.24) is 0 Å². The van der Waals surface area contributed by atoms with Crippen molar-refractivity contribution < 1.29 is 9.84 Å².